The van der Waals surface area contributed by atoms with Crippen LogP contribution in [0.3, 0.4) is 0 Å². The van der Waals surface area contributed by atoms with E-state index < -0.39 is 0 Å². The number of esters is 1. The van der Waals surface area contributed by atoms with Crippen molar-refractivity contribution in [1.82, 2.24) is 4.98 Å². The largest absolute Gasteiger partial charge is 0.496 e. The van der Waals surface area contributed by atoms with Crippen molar-refractivity contribution < 1.29 is 28.2 Å². The van der Waals surface area contributed by atoms with Crippen LogP contribution in [-0.2, 0) is 4.74 Å². The molecule has 1 amide bonds. The van der Waals surface area contributed by atoms with E-state index in [4.69, 9.17) is 18.6 Å². The average Bonchev–Trinajstić information content (AvgIpc) is 3.43. The molecule has 230 valence electrons. The Morgan fingerprint density at radius 3 is 2.56 bits per heavy atom. The lowest BCUT2D eigenvalue weighted by atomic mass is 9.98. The SMILES string of the molecule is COC(=O)c1cccc(OCC2CCN(c3ccc(NC(=O)c4oc5ccc(-c6ccccc6OC)cc5c4C)cn3)CC2)c1. The molecule has 5 aromatic rings. The zero-order valence-electron chi connectivity index (χ0n) is 25.5. The molecule has 45 heavy (non-hydrogen) atoms. The first-order chi connectivity index (χ1) is 21.9. The first-order valence-electron chi connectivity index (χ1n) is 14.9. The number of piperidine rings is 1. The monoisotopic (exact) mass is 605 g/mol. The molecule has 0 saturated carbocycles. The van der Waals surface area contributed by atoms with E-state index in [2.05, 4.69) is 15.2 Å². The molecule has 1 aliphatic heterocycles. The van der Waals surface area contributed by atoms with Gasteiger partial charge in [0, 0.05) is 29.6 Å². The van der Waals surface area contributed by atoms with E-state index in [1.165, 1.54) is 7.11 Å². The van der Waals surface area contributed by atoms with E-state index in [0.717, 1.165) is 59.6 Å². The number of nitrogens with one attached hydrogen (secondary N) is 1. The van der Waals surface area contributed by atoms with Gasteiger partial charge in [-0.15, -0.1) is 0 Å². The summed E-state index contributed by atoms with van der Waals surface area (Å²) in [6.07, 6.45) is 3.59. The van der Waals surface area contributed by atoms with E-state index in [9.17, 15) is 9.59 Å². The number of furan rings is 1. The number of fused-ring (bicyclic) bond motifs is 1. The minimum atomic E-state index is -0.379. The second-order valence-corrected chi connectivity index (χ2v) is 11.1. The maximum Gasteiger partial charge on any atom is 0.337 e. The number of rotatable bonds is 9. The number of pyridine rings is 1. The van der Waals surface area contributed by atoms with E-state index in [-0.39, 0.29) is 17.6 Å². The topological polar surface area (TPSA) is 103 Å². The Morgan fingerprint density at radius 1 is 0.978 bits per heavy atom. The van der Waals surface area contributed by atoms with Crippen LogP contribution in [0.2, 0.25) is 0 Å². The molecule has 0 bridgehead atoms. The lowest BCUT2D eigenvalue weighted by Gasteiger charge is -2.32. The smallest absolute Gasteiger partial charge is 0.337 e. The third kappa shape index (κ3) is 6.47. The number of aromatic nitrogens is 1. The van der Waals surface area contributed by atoms with E-state index in [1.807, 2.05) is 67.6 Å². The van der Waals surface area contributed by atoms with Crippen molar-refractivity contribution in [3.05, 3.63) is 102 Å². The van der Waals surface area contributed by atoms with Gasteiger partial charge in [0.15, 0.2) is 5.76 Å². The van der Waals surface area contributed by atoms with Gasteiger partial charge in [0.25, 0.3) is 5.91 Å². The number of anilines is 2. The Labute approximate surface area is 261 Å². The Kier molecular flexibility index (Phi) is 8.68. The number of carbonyl (C=O) groups excluding carboxylic acids is 2. The fourth-order valence-corrected chi connectivity index (χ4v) is 5.70. The molecule has 2 aromatic heterocycles. The lowest BCUT2D eigenvalue weighted by molar-refractivity contribution is 0.0600. The molecule has 1 aliphatic rings. The number of para-hydroxylation sites is 1. The van der Waals surface area contributed by atoms with Crippen LogP contribution in [-0.4, -0.2) is 50.8 Å². The standard InChI is InChI=1S/C36H35N3O6/c1-23-30-20-25(29-9-4-5-10-31(29)42-2)11-13-32(30)45-34(23)35(40)38-27-12-14-33(37-21-27)39-17-15-24(16-18-39)22-44-28-8-6-7-26(19-28)36(41)43-3/h4-14,19-21,24H,15-18,22H2,1-3H3,(H,38,40). The van der Waals surface area contributed by atoms with E-state index in [1.54, 1.807) is 31.5 Å². The molecule has 9 nitrogen and oxygen atoms in total. The highest BCUT2D eigenvalue weighted by Crippen LogP contribution is 2.34. The number of hydrogen-bond donors (Lipinski definition) is 1. The molecule has 0 atom stereocenters. The number of aryl methyl sites for hydroxylation is 1. The summed E-state index contributed by atoms with van der Waals surface area (Å²) in [7, 11) is 3.02. The highest BCUT2D eigenvalue weighted by atomic mass is 16.5. The molecule has 6 rings (SSSR count). The number of hydrogen-bond acceptors (Lipinski definition) is 8. The van der Waals surface area contributed by atoms with Crippen LogP contribution in [0.1, 0.15) is 39.3 Å². The van der Waals surface area contributed by atoms with Crippen LogP contribution in [0.4, 0.5) is 11.5 Å². The summed E-state index contributed by atoms with van der Waals surface area (Å²) in [5.41, 5.74) is 4.44. The fourth-order valence-electron chi connectivity index (χ4n) is 5.70. The van der Waals surface area contributed by atoms with E-state index in [0.29, 0.717) is 35.1 Å². The van der Waals surface area contributed by atoms with Crippen LogP contribution in [0.5, 0.6) is 11.5 Å². The van der Waals surface area contributed by atoms with Gasteiger partial charge in [-0.1, -0.05) is 30.3 Å². The van der Waals surface area contributed by atoms with Gasteiger partial charge in [-0.05, 0) is 79.8 Å². The summed E-state index contributed by atoms with van der Waals surface area (Å²) in [5.74, 6) is 2.28. The van der Waals surface area contributed by atoms with Crippen molar-refractivity contribution in [3.8, 4) is 22.6 Å². The summed E-state index contributed by atoms with van der Waals surface area (Å²) >= 11 is 0. The van der Waals surface area contributed by atoms with Crippen LogP contribution >= 0.6 is 0 Å². The zero-order valence-corrected chi connectivity index (χ0v) is 25.5. The minimum absolute atomic E-state index is 0.271. The van der Waals surface area contributed by atoms with Crippen LogP contribution in [0, 0.1) is 12.8 Å². The van der Waals surface area contributed by atoms with E-state index >= 15 is 0 Å². The molecule has 0 spiro atoms. The Balaban J connectivity index is 1.05. The Hall–Kier alpha value is -5.31. The number of benzene rings is 3. The van der Waals surface area contributed by atoms with Gasteiger partial charge in [0.1, 0.15) is 22.9 Å². The molecule has 0 unspecified atom stereocenters. The van der Waals surface area contributed by atoms with Gasteiger partial charge in [0.2, 0.25) is 0 Å². The molecule has 3 heterocycles. The van der Waals surface area contributed by atoms with Gasteiger partial charge in [-0.25, -0.2) is 9.78 Å². The van der Waals surface area contributed by atoms with Gasteiger partial charge in [0.05, 0.1) is 38.3 Å². The fraction of sp³-hybridized carbons (Fsp3) is 0.250. The maximum atomic E-state index is 13.2. The highest BCUT2D eigenvalue weighted by Gasteiger charge is 2.22. The number of ether oxygens (including phenoxy) is 3. The maximum absolute atomic E-state index is 13.2. The second-order valence-electron chi connectivity index (χ2n) is 11.1. The van der Waals surface area contributed by atoms with Crippen LogP contribution in [0.25, 0.3) is 22.1 Å². The molecule has 9 heteroatoms. The van der Waals surface area contributed by atoms with Gasteiger partial charge >= 0.3 is 5.97 Å². The van der Waals surface area contributed by atoms with Crippen molar-refractivity contribution in [1.29, 1.82) is 0 Å². The normalized spacial score (nSPS) is 13.4. The lowest BCUT2D eigenvalue weighted by Crippen LogP contribution is -2.36. The number of amides is 1. The van der Waals surface area contributed by atoms with Crippen molar-refractivity contribution in [2.75, 3.05) is 44.1 Å². The van der Waals surface area contributed by atoms with Gasteiger partial charge in [-0.2, -0.15) is 0 Å². The third-order valence-electron chi connectivity index (χ3n) is 8.25. The Bertz CT molecular complexity index is 1820. The summed E-state index contributed by atoms with van der Waals surface area (Å²) in [6, 6.07) is 24.6. The Morgan fingerprint density at radius 2 is 1.80 bits per heavy atom. The summed E-state index contributed by atoms with van der Waals surface area (Å²) in [6.45, 7) is 4.18. The summed E-state index contributed by atoms with van der Waals surface area (Å²) < 4.78 is 22.3. The summed E-state index contributed by atoms with van der Waals surface area (Å²) in [5, 5.41) is 3.80. The predicted molar refractivity (Wildman–Crippen MR) is 173 cm³/mol. The van der Waals surface area contributed by atoms with Crippen LogP contribution in [0.15, 0.2) is 89.5 Å². The van der Waals surface area contributed by atoms with Crippen molar-refractivity contribution in [2.45, 2.75) is 19.8 Å². The first-order valence-corrected chi connectivity index (χ1v) is 14.9. The third-order valence-corrected chi connectivity index (χ3v) is 8.25. The van der Waals surface area contributed by atoms with Crippen molar-refractivity contribution >= 4 is 34.4 Å². The molecule has 1 N–H and O–H groups in total. The van der Waals surface area contributed by atoms with Gasteiger partial charge < -0.3 is 28.8 Å². The molecule has 3 aromatic carbocycles. The van der Waals surface area contributed by atoms with Crippen molar-refractivity contribution in [2.24, 2.45) is 5.92 Å². The highest BCUT2D eigenvalue weighted by molar-refractivity contribution is 6.06. The molecular weight excluding hydrogens is 570 g/mol. The number of methoxy groups -OCH3 is 2. The summed E-state index contributed by atoms with van der Waals surface area (Å²) in [4.78, 5) is 31.9. The molecule has 0 aliphatic carbocycles. The molecule has 1 saturated heterocycles. The molecule has 1 fully saturated rings. The minimum Gasteiger partial charge on any atom is -0.496 e. The number of nitrogens with zero attached hydrogens (tertiary/aromatic N) is 2. The molecular formula is C36H35N3O6. The van der Waals surface area contributed by atoms with Crippen molar-refractivity contribution in [3.63, 3.8) is 0 Å². The number of carbonyl (C=O) groups is 2. The first kappa shape index (κ1) is 29.7. The second kappa shape index (κ2) is 13.1. The predicted octanol–water partition coefficient (Wildman–Crippen LogP) is 7.15. The average molecular weight is 606 g/mol. The quantitative estimate of drug-likeness (QED) is 0.177. The molecule has 0 radical (unpaired) electrons. The van der Waals surface area contributed by atoms with Crippen LogP contribution < -0.4 is 19.7 Å². The van der Waals surface area contributed by atoms with Gasteiger partial charge in [-0.3, -0.25) is 4.79 Å². The zero-order chi connectivity index (χ0) is 31.3.